The second-order valence-electron chi connectivity index (χ2n) is 3.97. The van der Waals surface area contributed by atoms with Crippen LogP contribution in [0.2, 0.25) is 5.15 Å². The minimum Gasteiger partial charge on any atom is -0.352 e. The summed E-state index contributed by atoms with van der Waals surface area (Å²) in [5.74, 6) is 1.08. The number of nitrogens with zero attached hydrogens (tertiary/aromatic N) is 4. The number of rotatable bonds is 5. The maximum absolute atomic E-state index is 6.06. The van der Waals surface area contributed by atoms with Crippen LogP contribution < -0.4 is 4.90 Å². The predicted molar refractivity (Wildman–Crippen MR) is 77.6 cm³/mol. The van der Waals surface area contributed by atoms with Crippen LogP contribution in [-0.2, 0) is 12.4 Å². The third-order valence-corrected chi connectivity index (χ3v) is 3.40. The highest BCUT2D eigenvalue weighted by Gasteiger charge is 2.14. The average molecular weight is 297 g/mol. The van der Waals surface area contributed by atoms with Gasteiger partial charge in [-0.15, -0.1) is 11.6 Å². The number of pyridine rings is 1. The van der Waals surface area contributed by atoms with E-state index in [1.165, 1.54) is 6.33 Å². The van der Waals surface area contributed by atoms with Crippen LogP contribution in [0.3, 0.4) is 0 Å². The number of anilines is 1. The topological polar surface area (TPSA) is 41.9 Å². The van der Waals surface area contributed by atoms with Gasteiger partial charge in [0, 0.05) is 31.0 Å². The molecule has 19 heavy (non-hydrogen) atoms. The summed E-state index contributed by atoms with van der Waals surface area (Å²) >= 11 is 12.0. The molecule has 0 unspecified atom stereocenters. The smallest absolute Gasteiger partial charge is 0.138 e. The Labute approximate surface area is 122 Å². The molecule has 0 saturated heterocycles. The zero-order valence-corrected chi connectivity index (χ0v) is 12.1. The largest absolute Gasteiger partial charge is 0.352 e. The molecule has 0 spiro atoms. The molecule has 2 rings (SSSR count). The second kappa shape index (κ2) is 6.68. The molecule has 0 aromatic carbocycles. The van der Waals surface area contributed by atoms with Gasteiger partial charge in [-0.25, -0.2) is 9.97 Å². The van der Waals surface area contributed by atoms with Crippen LogP contribution in [0.5, 0.6) is 0 Å². The van der Waals surface area contributed by atoms with Gasteiger partial charge < -0.3 is 4.90 Å². The molecule has 6 heteroatoms. The second-order valence-corrected chi connectivity index (χ2v) is 4.60. The molecule has 0 aliphatic rings. The van der Waals surface area contributed by atoms with Gasteiger partial charge in [-0.1, -0.05) is 11.6 Å². The van der Waals surface area contributed by atoms with Gasteiger partial charge in [0.15, 0.2) is 0 Å². The molecule has 0 aliphatic carbocycles. The fraction of sp³-hybridized carbons (Fsp3) is 0.308. The summed E-state index contributed by atoms with van der Waals surface area (Å²) in [6.07, 6.45) is 5.01. The summed E-state index contributed by atoms with van der Waals surface area (Å²) in [6, 6.07) is 3.96. The van der Waals surface area contributed by atoms with Crippen molar-refractivity contribution in [3.8, 4) is 0 Å². The van der Waals surface area contributed by atoms with E-state index in [2.05, 4.69) is 26.8 Å². The van der Waals surface area contributed by atoms with Crippen LogP contribution in [0.4, 0.5) is 5.82 Å². The van der Waals surface area contributed by atoms with E-state index in [-0.39, 0.29) is 0 Å². The minimum absolute atomic E-state index is 0.294. The normalized spacial score (nSPS) is 10.5. The minimum atomic E-state index is 0.294. The molecule has 0 saturated carbocycles. The van der Waals surface area contributed by atoms with E-state index in [0.717, 1.165) is 30.0 Å². The van der Waals surface area contributed by atoms with Crippen molar-refractivity contribution in [3.63, 3.8) is 0 Å². The maximum atomic E-state index is 6.06. The average Bonchev–Trinajstić information content (AvgIpc) is 2.45. The highest BCUT2D eigenvalue weighted by atomic mass is 35.5. The van der Waals surface area contributed by atoms with Crippen LogP contribution in [0.25, 0.3) is 0 Å². The lowest BCUT2D eigenvalue weighted by molar-refractivity contribution is 0.802. The first-order valence-corrected chi connectivity index (χ1v) is 6.86. The quantitative estimate of drug-likeness (QED) is 0.627. The molecule has 0 bridgehead atoms. The molecule has 2 aromatic heterocycles. The summed E-state index contributed by atoms with van der Waals surface area (Å²) in [5, 5.41) is 0.410. The van der Waals surface area contributed by atoms with Crippen LogP contribution in [0.1, 0.15) is 18.1 Å². The molecule has 0 aliphatic heterocycles. The Balaban J connectivity index is 2.30. The summed E-state index contributed by atoms with van der Waals surface area (Å²) in [6.45, 7) is 3.60. The Bertz CT molecular complexity index is 533. The van der Waals surface area contributed by atoms with E-state index in [0.29, 0.717) is 11.0 Å². The van der Waals surface area contributed by atoms with Crippen molar-refractivity contribution in [3.05, 3.63) is 47.1 Å². The maximum Gasteiger partial charge on any atom is 0.138 e. The van der Waals surface area contributed by atoms with Gasteiger partial charge in [-0.2, -0.15) is 0 Å². The van der Waals surface area contributed by atoms with E-state index in [4.69, 9.17) is 23.2 Å². The van der Waals surface area contributed by atoms with Crippen LogP contribution in [-0.4, -0.2) is 21.5 Å². The highest BCUT2D eigenvalue weighted by molar-refractivity contribution is 6.31. The molecule has 100 valence electrons. The molecule has 4 nitrogen and oxygen atoms in total. The molecule has 0 N–H and O–H groups in total. The zero-order valence-electron chi connectivity index (χ0n) is 10.6. The van der Waals surface area contributed by atoms with Gasteiger partial charge in [-0.05, 0) is 24.6 Å². The van der Waals surface area contributed by atoms with Crippen molar-refractivity contribution < 1.29 is 0 Å². The molecule has 0 radical (unpaired) electrons. The zero-order chi connectivity index (χ0) is 13.7. The lowest BCUT2D eigenvalue weighted by Gasteiger charge is -2.24. The highest BCUT2D eigenvalue weighted by Crippen LogP contribution is 2.26. The number of halogens is 2. The summed E-state index contributed by atoms with van der Waals surface area (Å²) < 4.78 is 0. The molecule has 0 fully saturated rings. The summed E-state index contributed by atoms with van der Waals surface area (Å²) in [5.41, 5.74) is 1.92. The van der Waals surface area contributed by atoms with Gasteiger partial charge in [-0.3, -0.25) is 4.98 Å². The van der Waals surface area contributed by atoms with E-state index in [1.807, 2.05) is 12.1 Å². The van der Waals surface area contributed by atoms with Crippen molar-refractivity contribution in [1.82, 2.24) is 15.0 Å². The van der Waals surface area contributed by atoms with E-state index < -0.39 is 0 Å². The Hall–Kier alpha value is -1.39. The van der Waals surface area contributed by atoms with Crippen molar-refractivity contribution >= 4 is 29.0 Å². The van der Waals surface area contributed by atoms with Gasteiger partial charge >= 0.3 is 0 Å². The predicted octanol–water partition coefficient (Wildman–Crippen LogP) is 3.29. The van der Waals surface area contributed by atoms with Crippen molar-refractivity contribution in [2.75, 3.05) is 11.4 Å². The number of aromatic nitrogens is 3. The molecule has 0 amide bonds. The van der Waals surface area contributed by atoms with Crippen LogP contribution in [0.15, 0.2) is 30.9 Å². The standard InChI is InChI=1S/C13H14Cl2N4/c1-2-19(8-10-3-5-16-6-4-10)13-11(7-14)12(15)17-9-18-13/h3-6,9H,2,7-8H2,1H3. The SMILES string of the molecule is CCN(Cc1ccncc1)c1ncnc(Cl)c1CCl. The van der Waals surface area contributed by atoms with E-state index in [9.17, 15) is 0 Å². The lowest BCUT2D eigenvalue weighted by Crippen LogP contribution is -2.24. The Morgan fingerprint density at radius 2 is 1.95 bits per heavy atom. The van der Waals surface area contributed by atoms with Gasteiger partial charge in [0.25, 0.3) is 0 Å². The van der Waals surface area contributed by atoms with E-state index in [1.54, 1.807) is 12.4 Å². The Morgan fingerprint density at radius 1 is 1.21 bits per heavy atom. The van der Waals surface area contributed by atoms with Gasteiger partial charge in [0.1, 0.15) is 17.3 Å². The van der Waals surface area contributed by atoms with Crippen molar-refractivity contribution in [2.24, 2.45) is 0 Å². The summed E-state index contributed by atoms with van der Waals surface area (Å²) in [7, 11) is 0. The number of hydrogen-bond acceptors (Lipinski definition) is 4. The first-order chi connectivity index (χ1) is 9.26. The first kappa shape index (κ1) is 14.0. The Kier molecular flexibility index (Phi) is 4.93. The van der Waals surface area contributed by atoms with Crippen molar-refractivity contribution in [2.45, 2.75) is 19.3 Å². The third kappa shape index (κ3) is 3.33. The fourth-order valence-electron chi connectivity index (χ4n) is 1.81. The van der Waals surface area contributed by atoms with Crippen LogP contribution in [0, 0.1) is 0 Å². The van der Waals surface area contributed by atoms with E-state index >= 15 is 0 Å². The molecule has 2 aromatic rings. The van der Waals surface area contributed by atoms with Gasteiger partial charge in [0.2, 0.25) is 0 Å². The molecular formula is C13H14Cl2N4. The number of alkyl halides is 1. The van der Waals surface area contributed by atoms with Gasteiger partial charge in [0.05, 0.1) is 5.88 Å². The monoisotopic (exact) mass is 296 g/mol. The molecule has 2 heterocycles. The Morgan fingerprint density at radius 3 is 2.58 bits per heavy atom. The fourth-order valence-corrected chi connectivity index (χ4v) is 2.32. The van der Waals surface area contributed by atoms with Crippen LogP contribution >= 0.6 is 23.2 Å². The van der Waals surface area contributed by atoms with Crippen molar-refractivity contribution in [1.29, 1.82) is 0 Å². The number of hydrogen-bond donors (Lipinski definition) is 0. The lowest BCUT2D eigenvalue weighted by atomic mass is 10.2. The summed E-state index contributed by atoms with van der Waals surface area (Å²) in [4.78, 5) is 14.4. The third-order valence-electron chi connectivity index (χ3n) is 2.81. The molecular weight excluding hydrogens is 283 g/mol. The first-order valence-electron chi connectivity index (χ1n) is 5.95. The molecule has 0 atom stereocenters.